The van der Waals surface area contributed by atoms with Crippen LogP contribution in [-0.4, -0.2) is 60.1 Å². The van der Waals surface area contributed by atoms with Crippen LogP contribution in [0.3, 0.4) is 0 Å². The van der Waals surface area contributed by atoms with Crippen LogP contribution in [0.1, 0.15) is 23.2 Å². The summed E-state index contributed by atoms with van der Waals surface area (Å²) in [5.74, 6) is 0.336. The number of rotatable bonds is 6. The first-order valence-electron chi connectivity index (χ1n) is 8.27. The molecule has 1 aromatic rings. The Labute approximate surface area is 150 Å². The molecule has 134 valence electrons. The number of carbonyl (C=O) groups is 3. The third kappa shape index (κ3) is 4.73. The number of carbonyl (C=O) groups excluding carboxylic acids is 3. The van der Waals surface area contributed by atoms with Gasteiger partial charge in [0.15, 0.2) is 0 Å². The number of amides is 3. The molecule has 1 unspecified atom stereocenters. The van der Waals surface area contributed by atoms with Gasteiger partial charge in [0.25, 0.3) is 5.91 Å². The second kappa shape index (κ2) is 8.35. The van der Waals surface area contributed by atoms with Gasteiger partial charge < -0.3 is 20.3 Å². The molecule has 2 N–H and O–H groups in total. The normalized spacial score (nSPS) is 19.9. The quantitative estimate of drug-likeness (QED) is 0.789. The van der Waals surface area contributed by atoms with E-state index in [0.717, 1.165) is 19.4 Å². The summed E-state index contributed by atoms with van der Waals surface area (Å²) in [4.78, 5) is 37.7. The zero-order valence-electron chi connectivity index (χ0n) is 13.8. The van der Waals surface area contributed by atoms with Gasteiger partial charge in [0.05, 0.1) is 29.0 Å². The van der Waals surface area contributed by atoms with Gasteiger partial charge in [0.2, 0.25) is 11.8 Å². The van der Waals surface area contributed by atoms with Crippen LogP contribution in [0.15, 0.2) is 24.3 Å². The minimum atomic E-state index is -0.310. The molecule has 25 heavy (non-hydrogen) atoms. The van der Waals surface area contributed by atoms with Crippen LogP contribution in [0.25, 0.3) is 0 Å². The largest absolute Gasteiger partial charge is 0.376 e. The smallest absolute Gasteiger partial charge is 0.253 e. The molecular weight excluding hydrogens is 342 g/mol. The van der Waals surface area contributed by atoms with Crippen LogP contribution in [0.5, 0.6) is 0 Å². The molecule has 7 nitrogen and oxygen atoms in total. The molecule has 2 aliphatic heterocycles. The third-order valence-corrected chi connectivity index (χ3v) is 5.07. The van der Waals surface area contributed by atoms with E-state index in [0.29, 0.717) is 29.4 Å². The molecule has 2 saturated heterocycles. The molecule has 0 aliphatic carbocycles. The van der Waals surface area contributed by atoms with Crippen molar-refractivity contribution in [2.24, 2.45) is 0 Å². The van der Waals surface area contributed by atoms with Gasteiger partial charge in [-0.05, 0) is 25.0 Å². The number of benzene rings is 1. The van der Waals surface area contributed by atoms with Gasteiger partial charge in [-0.1, -0.05) is 12.1 Å². The second-order valence-electron chi connectivity index (χ2n) is 6.01. The van der Waals surface area contributed by atoms with Crippen LogP contribution in [0, 0.1) is 0 Å². The fourth-order valence-electron chi connectivity index (χ4n) is 2.80. The number of hydrogen-bond acceptors (Lipinski definition) is 5. The standard InChI is InChI=1S/C17H21N3O4S/c21-15(9-20-11-25-10-16(20)22)19-14-6-2-1-5-13(14)17(23)18-8-12-4-3-7-24-12/h1-2,5-6,12H,3-4,7-11H2,(H,18,23)(H,19,21). The second-order valence-corrected chi connectivity index (χ2v) is 6.96. The molecule has 0 spiro atoms. The predicted molar refractivity (Wildman–Crippen MR) is 95.4 cm³/mol. The van der Waals surface area contributed by atoms with Gasteiger partial charge in [-0.2, -0.15) is 0 Å². The lowest BCUT2D eigenvalue weighted by atomic mass is 10.1. The summed E-state index contributed by atoms with van der Waals surface area (Å²) in [6.07, 6.45) is 2.02. The first-order valence-corrected chi connectivity index (χ1v) is 9.43. The molecule has 2 aliphatic rings. The van der Waals surface area contributed by atoms with Crippen molar-refractivity contribution >= 4 is 35.2 Å². The minimum absolute atomic E-state index is 0.00228. The Bertz CT molecular complexity index is 661. The minimum Gasteiger partial charge on any atom is -0.376 e. The number of nitrogens with one attached hydrogen (secondary N) is 2. The lowest BCUT2D eigenvalue weighted by Gasteiger charge is -2.16. The van der Waals surface area contributed by atoms with E-state index in [2.05, 4.69) is 10.6 Å². The van der Waals surface area contributed by atoms with Crippen molar-refractivity contribution in [3.63, 3.8) is 0 Å². The van der Waals surface area contributed by atoms with Crippen LogP contribution in [0.2, 0.25) is 0 Å². The SMILES string of the molecule is O=C(CN1CSCC1=O)Nc1ccccc1C(=O)NCC1CCCO1. The van der Waals surface area contributed by atoms with Crippen molar-refractivity contribution in [3.05, 3.63) is 29.8 Å². The molecule has 1 aromatic carbocycles. The van der Waals surface area contributed by atoms with Crippen molar-refractivity contribution in [1.29, 1.82) is 0 Å². The van der Waals surface area contributed by atoms with Crippen LogP contribution in [0.4, 0.5) is 5.69 Å². The maximum atomic E-state index is 12.4. The van der Waals surface area contributed by atoms with Crippen molar-refractivity contribution in [2.45, 2.75) is 18.9 Å². The zero-order chi connectivity index (χ0) is 17.6. The molecule has 2 heterocycles. The highest BCUT2D eigenvalue weighted by Gasteiger charge is 2.24. The van der Waals surface area contributed by atoms with Gasteiger partial charge in [0.1, 0.15) is 6.54 Å². The monoisotopic (exact) mass is 363 g/mol. The molecule has 0 bridgehead atoms. The van der Waals surface area contributed by atoms with E-state index in [4.69, 9.17) is 4.74 Å². The number of hydrogen-bond donors (Lipinski definition) is 2. The van der Waals surface area contributed by atoms with E-state index in [1.807, 2.05) is 0 Å². The number of nitrogens with zero attached hydrogens (tertiary/aromatic N) is 1. The van der Waals surface area contributed by atoms with E-state index < -0.39 is 0 Å². The van der Waals surface area contributed by atoms with Crippen LogP contribution in [-0.2, 0) is 14.3 Å². The van der Waals surface area contributed by atoms with Gasteiger partial charge in [-0.3, -0.25) is 14.4 Å². The Hall–Kier alpha value is -2.06. The van der Waals surface area contributed by atoms with E-state index in [-0.39, 0.29) is 30.4 Å². The molecule has 0 saturated carbocycles. The average molecular weight is 363 g/mol. The zero-order valence-corrected chi connectivity index (χ0v) is 14.6. The summed E-state index contributed by atoms with van der Waals surface area (Å²) in [7, 11) is 0. The number of para-hydroxylation sites is 1. The number of thioether (sulfide) groups is 1. The highest BCUT2D eigenvalue weighted by molar-refractivity contribution is 8.00. The highest BCUT2D eigenvalue weighted by Crippen LogP contribution is 2.18. The van der Waals surface area contributed by atoms with Crippen LogP contribution >= 0.6 is 11.8 Å². The Morgan fingerprint density at radius 1 is 1.32 bits per heavy atom. The van der Waals surface area contributed by atoms with Crippen molar-refractivity contribution in [1.82, 2.24) is 10.2 Å². The third-order valence-electron chi connectivity index (χ3n) is 4.12. The maximum Gasteiger partial charge on any atom is 0.253 e. The van der Waals surface area contributed by atoms with Gasteiger partial charge in [0, 0.05) is 13.2 Å². The molecule has 1 atom stereocenters. The molecule has 8 heteroatoms. The summed E-state index contributed by atoms with van der Waals surface area (Å²) in [5.41, 5.74) is 0.840. The summed E-state index contributed by atoms with van der Waals surface area (Å²) < 4.78 is 5.49. The lowest BCUT2D eigenvalue weighted by molar-refractivity contribution is -0.130. The fraction of sp³-hybridized carbons (Fsp3) is 0.471. The molecule has 2 fully saturated rings. The first kappa shape index (κ1) is 17.8. The Balaban J connectivity index is 1.58. The van der Waals surface area contributed by atoms with E-state index in [1.165, 1.54) is 16.7 Å². The first-order chi connectivity index (χ1) is 12.1. The van der Waals surface area contributed by atoms with Crippen molar-refractivity contribution in [2.75, 3.05) is 36.6 Å². The number of anilines is 1. The molecule has 3 amide bonds. The molecule has 3 rings (SSSR count). The Kier molecular flexibility index (Phi) is 5.93. The van der Waals surface area contributed by atoms with Crippen molar-refractivity contribution < 1.29 is 19.1 Å². The Morgan fingerprint density at radius 2 is 2.16 bits per heavy atom. The van der Waals surface area contributed by atoms with E-state index >= 15 is 0 Å². The predicted octanol–water partition coefficient (Wildman–Crippen LogP) is 1.07. The average Bonchev–Trinajstić information content (AvgIpc) is 3.25. The van der Waals surface area contributed by atoms with Gasteiger partial charge in [-0.15, -0.1) is 11.8 Å². The summed E-state index contributed by atoms with van der Waals surface area (Å²) in [5, 5.41) is 5.58. The number of ether oxygens (including phenoxy) is 1. The molecule has 0 aromatic heterocycles. The molecular formula is C17H21N3O4S. The Morgan fingerprint density at radius 3 is 2.88 bits per heavy atom. The topological polar surface area (TPSA) is 87.7 Å². The van der Waals surface area contributed by atoms with E-state index in [9.17, 15) is 14.4 Å². The van der Waals surface area contributed by atoms with Gasteiger partial charge in [-0.25, -0.2) is 0 Å². The van der Waals surface area contributed by atoms with E-state index in [1.54, 1.807) is 24.3 Å². The fourth-order valence-corrected chi connectivity index (χ4v) is 3.70. The highest BCUT2D eigenvalue weighted by atomic mass is 32.2. The summed E-state index contributed by atoms with van der Waals surface area (Å²) in [6.45, 7) is 1.19. The maximum absolute atomic E-state index is 12.4. The molecule has 0 radical (unpaired) electrons. The van der Waals surface area contributed by atoms with Crippen molar-refractivity contribution in [3.8, 4) is 0 Å². The summed E-state index contributed by atoms with van der Waals surface area (Å²) >= 11 is 1.49. The summed E-state index contributed by atoms with van der Waals surface area (Å²) in [6, 6.07) is 6.84. The lowest BCUT2D eigenvalue weighted by Crippen LogP contribution is -2.35. The van der Waals surface area contributed by atoms with Gasteiger partial charge >= 0.3 is 0 Å². The van der Waals surface area contributed by atoms with Crippen LogP contribution < -0.4 is 10.6 Å².